The highest BCUT2D eigenvalue weighted by molar-refractivity contribution is 7.89. The fraction of sp³-hybridized carbons (Fsp3) is 0.278. The van der Waals surface area contributed by atoms with E-state index in [1.807, 2.05) is 6.92 Å². The number of nitrogens with one attached hydrogen (secondary N) is 1. The number of ether oxygens (including phenoxy) is 1. The summed E-state index contributed by atoms with van der Waals surface area (Å²) >= 11 is 0. The summed E-state index contributed by atoms with van der Waals surface area (Å²) in [5, 5.41) is 2.67. The van der Waals surface area contributed by atoms with Crippen LogP contribution in [0.15, 0.2) is 47.4 Å². The molecular weight excluding hydrogens is 359 g/mol. The van der Waals surface area contributed by atoms with Crippen LogP contribution in [-0.2, 0) is 10.0 Å². The molecule has 0 aromatic heterocycles. The predicted molar refractivity (Wildman–Crippen MR) is 95.3 cm³/mol. The second kappa shape index (κ2) is 7.43. The molecule has 1 amide bonds. The molecule has 0 atom stereocenters. The van der Waals surface area contributed by atoms with Gasteiger partial charge < -0.3 is 10.1 Å². The SMILES string of the molecule is CCOc1ccccc1NC(=O)c1ccc(F)c(S(=O)(=O)N2CCC2)c1. The lowest BCUT2D eigenvalue weighted by Gasteiger charge is -2.29. The van der Waals surface area contributed by atoms with E-state index in [0.717, 1.165) is 18.6 Å². The van der Waals surface area contributed by atoms with Crippen LogP contribution in [-0.4, -0.2) is 38.3 Å². The summed E-state index contributed by atoms with van der Waals surface area (Å²) in [7, 11) is -3.92. The zero-order chi connectivity index (χ0) is 18.7. The van der Waals surface area contributed by atoms with Crippen LogP contribution < -0.4 is 10.1 Å². The van der Waals surface area contributed by atoms with Crippen LogP contribution in [0, 0.1) is 5.82 Å². The number of para-hydroxylation sites is 2. The number of benzene rings is 2. The Hall–Kier alpha value is -2.45. The van der Waals surface area contributed by atoms with Gasteiger partial charge in [0.2, 0.25) is 10.0 Å². The molecule has 0 unspecified atom stereocenters. The van der Waals surface area contributed by atoms with Crippen molar-refractivity contribution in [2.45, 2.75) is 18.2 Å². The number of anilines is 1. The maximum absolute atomic E-state index is 14.1. The monoisotopic (exact) mass is 378 g/mol. The molecule has 1 aliphatic heterocycles. The Kier molecular flexibility index (Phi) is 5.24. The minimum absolute atomic E-state index is 0.0526. The molecule has 2 aromatic rings. The van der Waals surface area contributed by atoms with Crippen molar-refractivity contribution >= 4 is 21.6 Å². The molecule has 26 heavy (non-hydrogen) atoms. The van der Waals surface area contributed by atoms with Crippen molar-refractivity contribution in [2.24, 2.45) is 0 Å². The van der Waals surface area contributed by atoms with E-state index in [-0.39, 0.29) is 5.56 Å². The van der Waals surface area contributed by atoms with Gasteiger partial charge in [-0.3, -0.25) is 4.79 Å². The van der Waals surface area contributed by atoms with Crippen molar-refractivity contribution in [3.05, 3.63) is 53.8 Å². The molecule has 0 radical (unpaired) electrons. The lowest BCUT2D eigenvalue weighted by Crippen LogP contribution is -2.42. The average Bonchev–Trinajstić information content (AvgIpc) is 2.55. The van der Waals surface area contributed by atoms with Gasteiger partial charge in [0.1, 0.15) is 16.5 Å². The third kappa shape index (κ3) is 3.56. The molecule has 3 rings (SSSR count). The van der Waals surface area contributed by atoms with Crippen molar-refractivity contribution in [1.82, 2.24) is 4.31 Å². The molecule has 1 heterocycles. The number of halogens is 1. The van der Waals surface area contributed by atoms with E-state index in [4.69, 9.17) is 4.74 Å². The second-order valence-corrected chi connectivity index (χ2v) is 7.69. The highest BCUT2D eigenvalue weighted by Crippen LogP contribution is 2.27. The van der Waals surface area contributed by atoms with Crippen LogP contribution in [0.2, 0.25) is 0 Å². The van der Waals surface area contributed by atoms with Gasteiger partial charge in [-0.2, -0.15) is 4.31 Å². The van der Waals surface area contributed by atoms with E-state index in [2.05, 4.69) is 5.32 Å². The molecular formula is C18H19FN2O4S. The number of sulfonamides is 1. The summed E-state index contributed by atoms with van der Waals surface area (Å²) in [5.74, 6) is -0.917. The number of rotatable bonds is 6. The Morgan fingerprint density at radius 3 is 2.62 bits per heavy atom. The topological polar surface area (TPSA) is 75.7 Å². The van der Waals surface area contributed by atoms with E-state index in [1.165, 1.54) is 10.4 Å². The maximum Gasteiger partial charge on any atom is 0.255 e. The van der Waals surface area contributed by atoms with Gasteiger partial charge in [-0.1, -0.05) is 12.1 Å². The second-order valence-electron chi connectivity index (χ2n) is 5.79. The molecule has 1 aliphatic rings. The number of amides is 1. The van der Waals surface area contributed by atoms with Crippen LogP contribution in [0.1, 0.15) is 23.7 Å². The minimum Gasteiger partial charge on any atom is -0.492 e. The quantitative estimate of drug-likeness (QED) is 0.839. The van der Waals surface area contributed by atoms with Crippen LogP contribution in [0.3, 0.4) is 0 Å². The number of carbonyl (C=O) groups excluding carboxylic acids is 1. The molecule has 8 heteroatoms. The van der Waals surface area contributed by atoms with E-state index in [0.29, 0.717) is 31.1 Å². The first-order valence-corrected chi connectivity index (χ1v) is 9.70. The molecule has 0 spiro atoms. The molecule has 0 saturated carbocycles. The first-order valence-electron chi connectivity index (χ1n) is 8.26. The van der Waals surface area contributed by atoms with E-state index in [1.54, 1.807) is 24.3 Å². The molecule has 1 saturated heterocycles. The Balaban J connectivity index is 1.88. The summed E-state index contributed by atoms with van der Waals surface area (Å²) in [6.07, 6.45) is 0.745. The summed E-state index contributed by atoms with van der Waals surface area (Å²) < 4.78 is 45.6. The summed E-state index contributed by atoms with van der Waals surface area (Å²) in [6, 6.07) is 10.2. The molecule has 1 fully saturated rings. The fourth-order valence-electron chi connectivity index (χ4n) is 2.55. The van der Waals surface area contributed by atoms with Crippen LogP contribution in [0.25, 0.3) is 0 Å². The first kappa shape index (κ1) is 18.3. The zero-order valence-corrected chi connectivity index (χ0v) is 15.1. The first-order chi connectivity index (χ1) is 12.4. The largest absolute Gasteiger partial charge is 0.492 e. The van der Waals surface area contributed by atoms with Gasteiger partial charge in [-0.15, -0.1) is 0 Å². The number of carbonyl (C=O) groups is 1. The molecule has 2 aromatic carbocycles. The minimum atomic E-state index is -3.92. The summed E-state index contributed by atoms with van der Waals surface area (Å²) in [4.78, 5) is 12.0. The van der Waals surface area contributed by atoms with Crippen molar-refractivity contribution in [2.75, 3.05) is 25.0 Å². The number of hydrogen-bond donors (Lipinski definition) is 1. The van der Waals surface area contributed by atoms with Crippen molar-refractivity contribution in [1.29, 1.82) is 0 Å². The van der Waals surface area contributed by atoms with E-state index in [9.17, 15) is 17.6 Å². The standard InChI is InChI=1S/C18H19FN2O4S/c1-2-25-16-7-4-3-6-15(16)20-18(22)13-8-9-14(19)17(12-13)26(23,24)21-10-5-11-21/h3-4,6-9,12H,2,5,10-11H2,1H3,(H,20,22). The Bertz CT molecular complexity index is 927. The van der Waals surface area contributed by atoms with Gasteiger partial charge >= 0.3 is 0 Å². The molecule has 1 N–H and O–H groups in total. The third-order valence-electron chi connectivity index (χ3n) is 4.06. The van der Waals surface area contributed by atoms with Gasteiger partial charge in [0.05, 0.1) is 12.3 Å². The average molecular weight is 378 g/mol. The normalized spacial score (nSPS) is 14.5. The van der Waals surface area contributed by atoms with Crippen molar-refractivity contribution in [3.8, 4) is 5.75 Å². The van der Waals surface area contributed by atoms with Crippen LogP contribution in [0.4, 0.5) is 10.1 Å². The van der Waals surface area contributed by atoms with Crippen molar-refractivity contribution in [3.63, 3.8) is 0 Å². The maximum atomic E-state index is 14.1. The fourth-order valence-corrected chi connectivity index (χ4v) is 4.16. The molecule has 6 nitrogen and oxygen atoms in total. The Morgan fingerprint density at radius 1 is 1.23 bits per heavy atom. The Labute approximate surface area is 151 Å². The van der Waals surface area contributed by atoms with Gasteiger partial charge in [-0.25, -0.2) is 12.8 Å². The van der Waals surface area contributed by atoms with Gasteiger partial charge in [-0.05, 0) is 43.7 Å². The zero-order valence-electron chi connectivity index (χ0n) is 14.2. The highest BCUT2D eigenvalue weighted by Gasteiger charge is 2.32. The lowest BCUT2D eigenvalue weighted by atomic mass is 10.2. The number of hydrogen-bond acceptors (Lipinski definition) is 4. The van der Waals surface area contributed by atoms with Crippen LogP contribution in [0.5, 0.6) is 5.75 Å². The molecule has 0 aliphatic carbocycles. The van der Waals surface area contributed by atoms with Crippen molar-refractivity contribution < 1.29 is 22.3 Å². The molecule has 0 bridgehead atoms. The van der Waals surface area contributed by atoms with Gasteiger partial charge in [0, 0.05) is 18.7 Å². The van der Waals surface area contributed by atoms with Gasteiger partial charge in [0.25, 0.3) is 5.91 Å². The third-order valence-corrected chi connectivity index (χ3v) is 5.97. The smallest absolute Gasteiger partial charge is 0.255 e. The van der Waals surface area contributed by atoms with Crippen LogP contribution >= 0.6 is 0 Å². The highest BCUT2D eigenvalue weighted by atomic mass is 32.2. The summed E-state index contributed by atoms with van der Waals surface area (Å²) in [5.41, 5.74) is 0.507. The van der Waals surface area contributed by atoms with E-state index < -0.39 is 26.6 Å². The summed E-state index contributed by atoms with van der Waals surface area (Å²) in [6.45, 7) is 2.98. The molecule has 138 valence electrons. The Morgan fingerprint density at radius 2 is 1.96 bits per heavy atom. The lowest BCUT2D eigenvalue weighted by molar-refractivity contribution is 0.102. The van der Waals surface area contributed by atoms with Gasteiger partial charge in [0.15, 0.2) is 0 Å². The predicted octanol–water partition coefficient (Wildman–Crippen LogP) is 2.87. The van der Waals surface area contributed by atoms with E-state index >= 15 is 0 Å². The number of nitrogens with zero attached hydrogens (tertiary/aromatic N) is 1.